The predicted octanol–water partition coefficient (Wildman–Crippen LogP) is -3.69. The first-order valence-corrected chi connectivity index (χ1v) is 13.0. The van der Waals surface area contributed by atoms with Crippen LogP contribution in [0.15, 0.2) is 9.68 Å². The van der Waals surface area contributed by atoms with Crippen molar-refractivity contribution in [1.29, 1.82) is 0 Å². The van der Waals surface area contributed by atoms with Crippen molar-refractivity contribution in [2.75, 3.05) is 13.1 Å². The molecule has 18 heteroatoms. The van der Waals surface area contributed by atoms with Gasteiger partial charge >= 0.3 is 150 Å². The minimum Gasteiger partial charge on any atom is -1.00 e. The van der Waals surface area contributed by atoms with E-state index in [9.17, 15) is 14.4 Å². The minimum absolute atomic E-state index is 0. The molecule has 234 valence electrons. The van der Waals surface area contributed by atoms with Gasteiger partial charge in [0.05, 0.1) is 0 Å². The van der Waals surface area contributed by atoms with E-state index in [0.717, 1.165) is 19.3 Å². The van der Waals surface area contributed by atoms with Crippen LogP contribution in [-0.4, -0.2) is 85.9 Å². The van der Waals surface area contributed by atoms with Gasteiger partial charge in [-0.2, -0.15) is 4.98 Å². The van der Waals surface area contributed by atoms with E-state index in [1.165, 1.54) is 11.8 Å². The Morgan fingerprint density at radius 1 is 1.05 bits per heavy atom. The number of rotatable bonds is 3. The van der Waals surface area contributed by atoms with Gasteiger partial charge in [0.1, 0.15) is 29.1 Å². The second-order valence-electron chi connectivity index (χ2n) is 11.2. The summed E-state index contributed by atoms with van der Waals surface area (Å²) >= 11 is 0. The number of ether oxygens (including phenoxy) is 2. The summed E-state index contributed by atoms with van der Waals surface area (Å²) in [5.74, 6) is 0.816. The molecule has 0 spiro atoms. The number of oxime groups is 1. The van der Waals surface area contributed by atoms with E-state index in [4.69, 9.17) is 29.3 Å². The zero-order valence-corrected chi connectivity index (χ0v) is 39.4. The van der Waals surface area contributed by atoms with Crippen LogP contribution < -0.4 is 148 Å². The Hall–Kier alpha value is 0.154. The molecule has 0 bridgehead atoms. The summed E-state index contributed by atoms with van der Waals surface area (Å²) in [7, 11) is 0. The molecule has 2 N–H and O–H groups in total. The number of amides is 3. The standard InChI is InChI=1S/C12H21N3O4.C12H19N3O3.CH2O3.2Cs.H/c1-8(14-18)13-10(16)9-6-5-7-15(9)11(17)19-12(2,3)4;1-8-13-10(18-14-8)9-6-5-7-15(9)11(16)17-12(2,3)4;2-1-4-3;;;/h9,18H,5-7H2,1-4H3,(H,13,14,16);9H,5-7H2,1-4H3;1,3H;;;/q;;;2*+1;-1/p-1/t2*9-;;;;/m00..../s1. The van der Waals surface area contributed by atoms with E-state index in [1.807, 2.05) is 20.8 Å². The van der Waals surface area contributed by atoms with Gasteiger partial charge in [-0.3, -0.25) is 19.4 Å². The van der Waals surface area contributed by atoms with Gasteiger partial charge < -0.3 is 36.1 Å². The molecule has 1 aromatic rings. The molecule has 2 fully saturated rings. The van der Waals surface area contributed by atoms with Crippen LogP contribution >= 0.6 is 0 Å². The Morgan fingerprint density at radius 3 is 1.98 bits per heavy atom. The van der Waals surface area contributed by atoms with E-state index < -0.39 is 23.3 Å². The summed E-state index contributed by atoms with van der Waals surface area (Å²) in [5.41, 5.74) is -1.09. The molecule has 43 heavy (non-hydrogen) atoms. The summed E-state index contributed by atoms with van der Waals surface area (Å²) < 4.78 is 15.8. The average Bonchev–Trinajstić information content (AvgIpc) is 3.62. The summed E-state index contributed by atoms with van der Waals surface area (Å²) in [6.07, 6.45) is 2.26. The SMILES string of the molecule is C/C(=N\O)NC(=O)[C@@H]1CCCN1C(=O)OC(C)(C)C.Cc1noc([C@@H]2CCCN2C(=O)OC(C)(C)C)n1.O=CO[O-].[Cs+].[Cs+].[H-]. The van der Waals surface area contributed by atoms with Crippen LogP contribution in [0.5, 0.6) is 0 Å². The minimum atomic E-state index is -0.594. The van der Waals surface area contributed by atoms with Gasteiger partial charge in [0.25, 0.3) is 6.47 Å². The molecule has 3 amide bonds. The van der Waals surface area contributed by atoms with Crippen molar-refractivity contribution in [3.8, 4) is 0 Å². The van der Waals surface area contributed by atoms with Gasteiger partial charge in [-0.25, -0.2) is 9.59 Å². The summed E-state index contributed by atoms with van der Waals surface area (Å²) in [4.78, 5) is 54.5. The summed E-state index contributed by atoms with van der Waals surface area (Å²) in [6, 6.07) is -0.729. The third-order valence-electron chi connectivity index (χ3n) is 5.39. The van der Waals surface area contributed by atoms with Crippen molar-refractivity contribution in [2.45, 2.75) is 104 Å². The average molecular weight is 852 g/mol. The van der Waals surface area contributed by atoms with Crippen LogP contribution in [0.4, 0.5) is 9.59 Å². The van der Waals surface area contributed by atoms with Crippen molar-refractivity contribution in [3.05, 3.63) is 11.7 Å². The molecule has 2 atom stereocenters. The first-order valence-electron chi connectivity index (χ1n) is 13.0. The maximum Gasteiger partial charge on any atom is 1.00 e. The van der Waals surface area contributed by atoms with Crippen molar-refractivity contribution in [2.24, 2.45) is 5.16 Å². The molecular formula is C25H42Cs2N6O10. The van der Waals surface area contributed by atoms with E-state index in [0.29, 0.717) is 31.2 Å². The molecule has 0 unspecified atom stereocenters. The van der Waals surface area contributed by atoms with E-state index in [-0.39, 0.29) is 170 Å². The number of carbonyl (C=O) groups excluding carboxylic acids is 4. The maximum absolute atomic E-state index is 12.1. The number of nitrogens with one attached hydrogen (secondary N) is 1. The second kappa shape index (κ2) is 21.9. The molecule has 2 aliphatic heterocycles. The molecule has 0 saturated carbocycles. The van der Waals surface area contributed by atoms with Crippen LogP contribution in [0.1, 0.15) is 93.3 Å². The van der Waals surface area contributed by atoms with E-state index >= 15 is 0 Å². The normalized spacial score (nSPS) is 17.9. The van der Waals surface area contributed by atoms with Crippen LogP contribution in [0.25, 0.3) is 0 Å². The van der Waals surface area contributed by atoms with Crippen LogP contribution in [0, 0.1) is 6.92 Å². The molecule has 1 aromatic heterocycles. The topological polar surface area (TPSA) is 209 Å². The largest absolute Gasteiger partial charge is 1.00 e. The number of amidine groups is 1. The summed E-state index contributed by atoms with van der Waals surface area (Å²) in [6.45, 7) is 15.1. The van der Waals surface area contributed by atoms with Crippen LogP contribution in [-0.2, 0) is 24.0 Å². The van der Waals surface area contributed by atoms with Gasteiger partial charge in [0.15, 0.2) is 5.82 Å². The van der Waals surface area contributed by atoms with Crippen LogP contribution in [0.3, 0.4) is 0 Å². The molecular weight excluding hydrogens is 810 g/mol. The van der Waals surface area contributed by atoms with Gasteiger partial charge in [-0.15, -0.1) is 0 Å². The Labute approximate surface area is 371 Å². The molecule has 16 nitrogen and oxygen atoms in total. The molecule has 0 aliphatic carbocycles. The van der Waals surface area contributed by atoms with E-state index in [2.05, 4.69) is 25.5 Å². The monoisotopic (exact) mass is 852 g/mol. The number of hydrogen-bond acceptors (Lipinski definition) is 13. The molecule has 2 aliphatic rings. The van der Waals surface area contributed by atoms with Gasteiger partial charge in [0.2, 0.25) is 11.8 Å². The number of carbonyl (C=O) groups is 4. The van der Waals surface area contributed by atoms with Crippen molar-refractivity contribution in [3.63, 3.8) is 0 Å². The predicted molar refractivity (Wildman–Crippen MR) is 141 cm³/mol. The number of hydrogen-bond donors (Lipinski definition) is 2. The Balaban J connectivity index is -0.000000642. The van der Waals surface area contributed by atoms with E-state index in [1.54, 1.807) is 32.6 Å². The quantitative estimate of drug-likeness (QED) is 0.0753. The number of aryl methyl sites for hydroxylation is 1. The zero-order valence-electron chi connectivity index (χ0n) is 27.8. The number of nitrogens with zero attached hydrogens (tertiary/aromatic N) is 5. The Bertz CT molecular complexity index is 1060. The molecule has 0 aromatic carbocycles. The maximum atomic E-state index is 12.1. The number of likely N-dealkylation sites (tertiary alicyclic amines) is 2. The third-order valence-corrected chi connectivity index (χ3v) is 5.39. The van der Waals surface area contributed by atoms with Crippen molar-refractivity contribution < 1.29 is 188 Å². The summed E-state index contributed by atoms with van der Waals surface area (Å²) in [5, 5.41) is 26.0. The molecule has 3 heterocycles. The Kier molecular flexibility index (Phi) is 23.0. The zero-order chi connectivity index (χ0) is 31.4. The first kappa shape index (κ1) is 45.3. The third kappa shape index (κ3) is 17.6. The number of aromatic nitrogens is 2. The fourth-order valence-corrected chi connectivity index (χ4v) is 3.88. The van der Waals surface area contributed by atoms with Gasteiger partial charge in [0, 0.05) is 13.1 Å². The van der Waals surface area contributed by atoms with Crippen molar-refractivity contribution in [1.82, 2.24) is 25.3 Å². The van der Waals surface area contributed by atoms with Gasteiger partial charge in [-0.1, -0.05) is 10.3 Å². The fourth-order valence-electron chi connectivity index (χ4n) is 3.88. The Morgan fingerprint density at radius 2 is 1.53 bits per heavy atom. The second-order valence-corrected chi connectivity index (χ2v) is 11.2. The first-order chi connectivity index (χ1) is 19.0. The fraction of sp³-hybridized carbons (Fsp3) is 0.720. The molecule has 2 saturated heterocycles. The molecule has 3 rings (SSSR count). The smallest absolute Gasteiger partial charge is 1.00 e. The molecule has 0 radical (unpaired) electrons. The van der Waals surface area contributed by atoms with Crippen molar-refractivity contribution >= 4 is 30.4 Å². The van der Waals surface area contributed by atoms with Gasteiger partial charge in [-0.05, 0) is 81.1 Å². The van der Waals surface area contributed by atoms with Crippen LogP contribution in [0.2, 0.25) is 0 Å².